The Kier molecular flexibility index (Phi) is 3.88. The molecule has 0 spiro atoms. The van der Waals surface area contributed by atoms with Crippen LogP contribution in [0.3, 0.4) is 0 Å². The topological polar surface area (TPSA) is 108 Å². The van der Waals surface area contributed by atoms with Crippen LogP contribution in [0.5, 0.6) is 0 Å². The molecule has 0 saturated heterocycles. The Morgan fingerprint density at radius 3 is 3.04 bits per heavy atom. The lowest BCUT2D eigenvalue weighted by Gasteiger charge is -2.28. The number of carbonyl (C=O) groups is 1. The van der Waals surface area contributed by atoms with E-state index in [9.17, 15) is 9.59 Å². The van der Waals surface area contributed by atoms with E-state index in [0.29, 0.717) is 53.8 Å². The molecule has 2 amide bonds. The van der Waals surface area contributed by atoms with Gasteiger partial charge in [0.15, 0.2) is 5.65 Å². The van der Waals surface area contributed by atoms with Gasteiger partial charge in [-0.15, -0.1) is 0 Å². The number of hydrogen-bond donors (Lipinski definition) is 2. The first-order chi connectivity index (χ1) is 13.6. The van der Waals surface area contributed by atoms with Gasteiger partial charge in [0.05, 0.1) is 17.9 Å². The third kappa shape index (κ3) is 3.12. The van der Waals surface area contributed by atoms with E-state index in [4.69, 9.17) is 0 Å². The molecule has 9 heteroatoms. The zero-order valence-corrected chi connectivity index (χ0v) is 15.6. The minimum Gasteiger partial charge on any atom is -0.318 e. The number of urea groups is 1. The van der Waals surface area contributed by atoms with Crippen molar-refractivity contribution in [1.29, 1.82) is 0 Å². The molecule has 1 aliphatic heterocycles. The molecule has 3 aromatic heterocycles. The average molecular weight is 379 g/mol. The maximum absolute atomic E-state index is 12.8. The van der Waals surface area contributed by atoms with Gasteiger partial charge in [0.1, 0.15) is 11.6 Å². The molecule has 144 valence electrons. The van der Waals surface area contributed by atoms with E-state index in [2.05, 4.69) is 25.4 Å². The quantitative estimate of drug-likeness (QED) is 0.720. The Hall–Kier alpha value is -3.23. The summed E-state index contributed by atoms with van der Waals surface area (Å²) >= 11 is 0. The summed E-state index contributed by atoms with van der Waals surface area (Å²) in [6.07, 6.45) is 5.50. The Labute approximate surface area is 160 Å². The second-order valence-electron chi connectivity index (χ2n) is 7.54. The summed E-state index contributed by atoms with van der Waals surface area (Å²) in [7, 11) is 0. The third-order valence-electron chi connectivity index (χ3n) is 5.30. The fraction of sp³-hybridized carbons (Fsp3) is 0.421. The van der Waals surface area contributed by atoms with Crippen molar-refractivity contribution in [2.24, 2.45) is 5.92 Å². The zero-order valence-electron chi connectivity index (χ0n) is 15.6. The number of nitrogens with zero attached hydrogens (tertiary/aromatic N) is 5. The fourth-order valence-electron chi connectivity index (χ4n) is 3.66. The van der Waals surface area contributed by atoms with Gasteiger partial charge in [-0.05, 0) is 44.2 Å². The van der Waals surface area contributed by atoms with Crippen LogP contribution in [0.2, 0.25) is 0 Å². The third-order valence-corrected chi connectivity index (χ3v) is 5.30. The molecular weight excluding hydrogens is 358 g/mol. The van der Waals surface area contributed by atoms with E-state index in [0.717, 1.165) is 12.2 Å². The summed E-state index contributed by atoms with van der Waals surface area (Å²) in [5.41, 5.74) is 2.54. The molecule has 1 fully saturated rings. The number of carbonyl (C=O) groups excluding carboxylic acids is 1. The number of anilines is 1. The lowest BCUT2D eigenvalue weighted by molar-refractivity contribution is 0.205. The number of aromatic nitrogens is 5. The smallest absolute Gasteiger partial charge is 0.318 e. The summed E-state index contributed by atoms with van der Waals surface area (Å²) in [6.45, 7) is 2.61. The average Bonchev–Trinajstić information content (AvgIpc) is 3.39. The minimum atomic E-state index is -0.231. The molecule has 0 bridgehead atoms. The summed E-state index contributed by atoms with van der Waals surface area (Å²) in [4.78, 5) is 38.8. The number of aromatic amines is 1. The number of nitrogens with one attached hydrogen (secondary N) is 2. The standard InChI is InChI=1S/C19H21N7O2/c1-11-20-17-14(3-2-7-26(17)24-11)22-19(28)25-8-6-13-15(10-25)21-16(23-18(13)27)9-12-4-5-12/h2-3,7,12H,4-6,8-10H2,1H3,(H,22,28)(H,21,23,27). The molecule has 2 N–H and O–H groups in total. The largest absolute Gasteiger partial charge is 0.322 e. The van der Waals surface area contributed by atoms with Crippen molar-refractivity contribution in [3.8, 4) is 0 Å². The van der Waals surface area contributed by atoms with E-state index in [1.165, 1.54) is 12.8 Å². The van der Waals surface area contributed by atoms with Crippen LogP contribution in [-0.2, 0) is 19.4 Å². The van der Waals surface area contributed by atoms with Gasteiger partial charge < -0.3 is 15.2 Å². The molecule has 0 radical (unpaired) electrons. The van der Waals surface area contributed by atoms with Crippen LogP contribution in [-0.4, -0.2) is 42.0 Å². The number of hydrogen-bond acceptors (Lipinski definition) is 5. The predicted octanol–water partition coefficient (Wildman–Crippen LogP) is 1.66. The van der Waals surface area contributed by atoms with Crippen molar-refractivity contribution in [1.82, 2.24) is 29.5 Å². The van der Waals surface area contributed by atoms with E-state index in [-0.39, 0.29) is 11.6 Å². The minimum absolute atomic E-state index is 0.0654. The number of aryl methyl sites for hydroxylation is 1. The van der Waals surface area contributed by atoms with Crippen LogP contribution in [0.1, 0.15) is 35.7 Å². The summed E-state index contributed by atoms with van der Waals surface area (Å²) < 4.78 is 1.64. The Morgan fingerprint density at radius 2 is 2.21 bits per heavy atom. The van der Waals surface area contributed by atoms with Crippen LogP contribution < -0.4 is 10.9 Å². The lowest BCUT2D eigenvalue weighted by atomic mass is 10.1. The predicted molar refractivity (Wildman–Crippen MR) is 102 cm³/mol. The molecule has 9 nitrogen and oxygen atoms in total. The highest BCUT2D eigenvalue weighted by atomic mass is 16.2. The number of pyridine rings is 1. The summed E-state index contributed by atoms with van der Waals surface area (Å²) in [6, 6.07) is 3.38. The van der Waals surface area contributed by atoms with Gasteiger partial charge in [-0.1, -0.05) is 0 Å². The molecule has 28 heavy (non-hydrogen) atoms. The van der Waals surface area contributed by atoms with Gasteiger partial charge in [0.2, 0.25) is 0 Å². The Balaban J connectivity index is 1.37. The van der Waals surface area contributed by atoms with Crippen LogP contribution >= 0.6 is 0 Å². The van der Waals surface area contributed by atoms with E-state index < -0.39 is 0 Å². The summed E-state index contributed by atoms with van der Waals surface area (Å²) in [5.74, 6) is 2.01. The first-order valence-corrected chi connectivity index (χ1v) is 9.55. The molecule has 0 atom stereocenters. The Morgan fingerprint density at radius 1 is 1.36 bits per heavy atom. The molecule has 4 heterocycles. The molecule has 5 rings (SSSR count). The molecule has 0 aromatic carbocycles. The van der Waals surface area contributed by atoms with Crippen molar-refractivity contribution >= 4 is 17.4 Å². The number of amides is 2. The molecule has 0 unspecified atom stereocenters. The highest BCUT2D eigenvalue weighted by Crippen LogP contribution is 2.31. The first-order valence-electron chi connectivity index (χ1n) is 9.55. The lowest BCUT2D eigenvalue weighted by Crippen LogP contribution is -2.41. The maximum atomic E-state index is 12.8. The normalized spacial score (nSPS) is 16.2. The monoisotopic (exact) mass is 379 g/mol. The molecule has 1 saturated carbocycles. The maximum Gasteiger partial charge on any atom is 0.322 e. The van der Waals surface area contributed by atoms with Gasteiger partial charge in [-0.2, -0.15) is 5.10 Å². The van der Waals surface area contributed by atoms with Crippen molar-refractivity contribution < 1.29 is 4.79 Å². The van der Waals surface area contributed by atoms with Gasteiger partial charge in [0.25, 0.3) is 5.56 Å². The van der Waals surface area contributed by atoms with Crippen LogP contribution in [0.4, 0.5) is 10.5 Å². The van der Waals surface area contributed by atoms with Crippen LogP contribution in [0.15, 0.2) is 23.1 Å². The second-order valence-corrected chi connectivity index (χ2v) is 7.54. The van der Waals surface area contributed by atoms with Crippen LogP contribution in [0.25, 0.3) is 5.65 Å². The molecule has 2 aliphatic rings. The highest BCUT2D eigenvalue weighted by Gasteiger charge is 2.27. The van der Waals surface area contributed by atoms with Crippen molar-refractivity contribution in [3.63, 3.8) is 0 Å². The van der Waals surface area contributed by atoms with E-state index >= 15 is 0 Å². The van der Waals surface area contributed by atoms with Crippen molar-refractivity contribution in [2.75, 3.05) is 11.9 Å². The Bertz CT molecular complexity index is 1130. The van der Waals surface area contributed by atoms with Crippen LogP contribution in [0, 0.1) is 12.8 Å². The van der Waals surface area contributed by atoms with Gasteiger partial charge in [-0.3, -0.25) is 4.79 Å². The SMILES string of the molecule is Cc1nc2c(NC(=O)N3CCc4c(nc(CC5CC5)[nH]c4=O)C3)cccn2n1. The molecule has 1 aliphatic carbocycles. The number of fused-ring (bicyclic) bond motifs is 2. The van der Waals surface area contributed by atoms with Gasteiger partial charge in [-0.25, -0.2) is 19.3 Å². The molecule has 3 aromatic rings. The number of H-pyrrole nitrogens is 1. The first kappa shape index (κ1) is 16.9. The van der Waals surface area contributed by atoms with Gasteiger partial charge in [0, 0.05) is 24.7 Å². The fourth-order valence-corrected chi connectivity index (χ4v) is 3.66. The van der Waals surface area contributed by atoms with E-state index in [1.807, 2.05) is 13.0 Å². The highest BCUT2D eigenvalue weighted by molar-refractivity contribution is 5.93. The second kappa shape index (κ2) is 6.43. The van der Waals surface area contributed by atoms with E-state index in [1.54, 1.807) is 21.7 Å². The number of rotatable bonds is 3. The van der Waals surface area contributed by atoms with Gasteiger partial charge >= 0.3 is 6.03 Å². The zero-order chi connectivity index (χ0) is 19.3. The van der Waals surface area contributed by atoms with Crippen molar-refractivity contribution in [3.05, 3.63) is 51.6 Å². The van der Waals surface area contributed by atoms with Crippen molar-refractivity contribution in [2.45, 2.75) is 39.2 Å². The summed E-state index contributed by atoms with van der Waals surface area (Å²) in [5, 5.41) is 7.18. The molecular formula is C19H21N7O2.